The van der Waals surface area contributed by atoms with E-state index in [1.165, 1.54) is 16.7 Å². The molecule has 10 heteroatoms. The molecule has 0 spiro atoms. The second-order valence-corrected chi connectivity index (χ2v) is 8.55. The highest BCUT2D eigenvalue weighted by Crippen LogP contribution is 2.28. The number of aromatic nitrogens is 2. The predicted molar refractivity (Wildman–Crippen MR) is 132 cm³/mol. The third-order valence-electron chi connectivity index (χ3n) is 5.34. The van der Waals surface area contributed by atoms with Crippen molar-refractivity contribution in [3.05, 3.63) is 64.8 Å². The molecule has 0 aliphatic carbocycles. The summed E-state index contributed by atoms with van der Waals surface area (Å²) in [6.45, 7) is 4.13. The Morgan fingerprint density at radius 2 is 1.79 bits per heavy atom. The van der Waals surface area contributed by atoms with Gasteiger partial charge in [0.15, 0.2) is 5.75 Å². The zero-order valence-corrected chi connectivity index (χ0v) is 19.8. The molecule has 8 nitrogen and oxygen atoms in total. The fourth-order valence-electron chi connectivity index (χ4n) is 3.36. The van der Waals surface area contributed by atoms with Crippen molar-refractivity contribution in [1.82, 2.24) is 14.9 Å². The van der Waals surface area contributed by atoms with E-state index in [0.717, 1.165) is 31.9 Å². The second kappa shape index (κ2) is 10.2. The first-order valence-electron chi connectivity index (χ1n) is 10.4. The van der Waals surface area contributed by atoms with E-state index < -0.39 is 6.09 Å². The smallest absolute Gasteiger partial charge is 0.408 e. The molecule has 0 saturated carbocycles. The first-order chi connectivity index (χ1) is 15.9. The molecule has 1 aliphatic heterocycles. The molecular weight excluding hydrogens is 463 g/mol. The lowest BCUT2D eigenvalue weighted by molar-refractivity contribution is 0.209. The molecule has 2 heterocycles. The van der Waals surface area contributed by atoms with Crippen molar-refractivity contribution in [2.75, 3.05) is 55.4 Å². The highest BCUT2D eigenvalue weighted by atomic mass is 35.5. The summed E-state index contributed by atoms with van der Waals surface area (Å²) in [6, 6.07) is 14.4. The summed E-state index contributed by atoms with van der Waals surface area (Å²) in [5.41, 5.74) is 2.03. The molecular formula is C23H24Cl2N6O2. The number of anilines is 4. The number of amides is 1. The van der Waals surface area contributed by atoms with Crippen LogP contribution >= 0.6 is 23.2 Å². The van der Waals surface area contributed by atoms with Crippen LogP contribution < -0.4 is 19.9 Å². The number of rotatable bonds is 5. The van der Waals surface area contributed by atoms with Gasteiger partial charge in [0.05, 0.1) is 5.02 Å². The topological polar surface area (TPSA) is 73.8 Å². The van der Waals surface area contributed by atoms with Crippen molar-refractivity contribution in [2.24, 2.45) is 0 Å². The van der Waals surface area contributed by atoms with E-state index in [4.69, 9.17) is 27.9 Å². The summed E-state index contributed by atoms with van der Waals surface area (Å²) in [5.74, 6) is 0.902. The summed E-state index contributed by atoms with van der Waals surface area (Å²) in [5, 5.41) is 3.87. The monoisotopic (exact) mass is 486 g/mol. The fraction of sp³-hybridized carbons (Fsp3) is 0.261. The van der Waals surface area contributed by atoms with Gasteiger partial charge in [0.2, 0.25) is 5.95 Å². The van der Waals surface area contributed by atoms with Crippen LogP contribution in [0.1, 0.15) is 0 Å². The van der Waals surface area contributed by atoms with Crippen LogP contribution in [0.3, 0.4) is 0 Å². The molecule has 2 aromatic carbocycles. The van der Waals surface area contributed by atoms with Crippen LogP contribution in [0.15, 0.2) is 54.7 Å². The normalized spacial score (nSPS) is 14.1. The first-order valence-corrected chi connectivity index (χ1v) is 11.2. The van der Waals surface area contributed by atoms with Crippen molar-refractivity contribution in [1.29, 1.82) is 0 Å². The van der Waals surface area contributed by atoms with Crippen molar-refractivity contribution in [3.63, 3.8) is 0 Å². The van der Waals surface area contributed by atoms with E-state index in [1.54, 1.807) is 31.4 Å². The van der Waals surface area contributed by atoms with Crippen LogP contribution in [0, 0.1) is 0 Å². The van der Waals surface area contributed by atoms with Gasteiger partial charge in [-0.25, -0.2) is 9.78 Å². The van der Waals surface area contributed by atoms with E-state index in [2.05, 4.69) is 44.3 Å². The lowest BCUT2D eigenvalue weighted by Gasteiger charge is -2.34. The van der Waals surface area contributed by atoms with Crippen LogP contribution in [-0.4, -0.2) is 61.2 Å². The fourth-order valence-corrected chi connectivity index (χ4v) is 3.68. The van der Waals surface area contributed by atoms with E-state index in [0.29, 0.717) is 16.8 Å². The summed E-state index contributed by atoms with van der Waals surface area (Å²) in [7, 11) is 3.69. The molecule has 3 aromatic rings. The Labute approximate surface area is 202 Å². The van der Waals surface area contributed by atoms with E-state index >= 15 is 0 Å². The number of nitrogens with zero attached hydrogens (tertiary/aromatic N) is 5. The lowest BCUT2D eigenvalue weighted by atomic mass is 10.2. The number of halogens is 2. The Kier molecular flexibility index (Phi) is 7.17. The number of likely N-dealkylation sites (N-methyl/N-ethyl adjacent to an activating group) is 1. The van der Waals surface area contributed by atoms with Crippen molar-refractivity contribution in [3.8, 4) is 5.75 Å². The third kappa shape index (κ3) is 5.84. The van der Waals surface area contributed by atoms with Crippen LogP contribution in [0.5, 0.6) is 5.75 Å². The van der Waals surface area contributed by atoms with Crippen LogP contribution in [0.4, 0.5) is 27.9 Å². The Bertz CT molecular complexity index is 1120. The lowest BCUT2D eigenvalue weighted by Crippen LogP contribution is -2.44. The summed E-state index contributed by atoms with van der Waals surface area (Å²) in [4.78, 5) is 27.2. The molecule has 0 bridgehead atoms. The van der Waals surface area contributed by atoms with Gasteiger partial charge in [-0.15, -0.1) is 0 Å². The highest BCUT2D eigenvalue weighted by Gasteiger charge is 2.18. The molecule has 4 rings (SSSR count). The van der Waals surface area contributed by atoms with Gasteiger partial charge in [-0.3, -0.25) is 4.90 Å². The van der Waals surface area contributed by atoms with E-state index in [9.17, 15) is 4.79 Å². The number of hydrogen-bond donors (Lipinski definition) is 1. The summed E-state index contributed by atoms with van der Waals surface area (Å²) < 4.78 is 5.36. The standard InChI is InChI=1S/C23H24Cl2N6O2/c1-29-11-13-31(14-12-29)18-6-4-17(5-7-18)27-22-26-10-9-21(28-22)30(2)23(32)33-20-15-16(24)3-8-19(20)25/h3-10,15H,11-14H2,1-2H3,(H,26,27,28). The quantitative estimate of drug-likeness (QED) is 0.548. The molecule has 0 atom stereocenters. The van der Waals surface area contributed by atoms with Gasteiger partial charge in [0, 0.05) is 61.9 Å². The van der Waals surface area contributed by atoms with Crippen LogP contribution in [0.25, 0.3) is 0 Å². The molecule has 172 valence electrons. The Morgan fingerprint density at radius 3 is 2.52 bits per heavy atom. The Hall–Kier alpha value is -3.07. The summed E-state index contributed by atoms with van der Waals surface area (Å²) >= 11 is 12.0. The van der Waals surface area contributed by atoms with E-state index in [1.807, 2.05) is 12.1 Å². The Morgan fingerprint density at radius 1 is 1.06 bits per heavy atom. The number of carbonyl (C=O) groups is 1. The van der Waals surface area contributed by atoms with Crippen molar-refractivity contribution < 1.29 is 9.53 Å². The minimum atomic E-state index is -0.652. The first kappa shape index (κ1) is 23.1. The van der Waals surface area contributed by atoms with Gasteiger partial charge >= 0.3 is 6.09 Å². The van der Waals surface area contributed by atoms with E-state index in [-0.39, 0.29) is 10.8 Å². The zero-order chi connectivity index (χ0) is 23.4. The maximum absolute atomic E-state index is 12.6. The average molecular weight is 487 g/mol. The zero-order valence-electron chi connectivity index (χ0n) is 18.3. The molecule has 1 aromatic heterocycles. The number of nitrogens with one attached hydrogen (secondary N) is 1. The molecule has 1 fully saturated rings. The molecule has 0 unspecified atom stereocenters. The molecule has 1 saturated heterocycles. The van der Waals surface area contributed by atoms with Crippen molar-refractivity contribution in [2.45, 2.75) is 0 Å². The molecule has 1 amide bonds. The largest absolute Gasteiger partial charge is 0.420 e. The van der Waals surface area contributed by atoms with Gasteiger partial charge in [0.25, 0.3) is 0 Å². The number of benzene rings is 2. The summed E-state index contributed by atoms with van der Waals surface area (Å²) in [6.07, 6.45) is 0.916. The number of carbonyl (C=O) groups excluding carboxylic acids is 1. The van der Waals surface area contributed by atoms with Gasteiger partial charge in [-0.05, 0) is 49.5 Å². The Balaban J connectivity index is 1.41. The minimum Gasteiger partial charge on any atom is -0.408 e. The number of ether oxygens (including phenoxy) is 1. The van der Waals surface area contributed by atoms with Crippen LogP contribution in [0.2, 0.25) is 10.0 Å². The molecule has 1 aliphatic rings. The van der Waals surface area contributed by atoms with Crippen molar-refractivity contribution >= 4 is 52.4 Å². The maximum Gasteiger partial charge on any atom is 0.420 e. The van der Waals surface area contributed by atoms with Gasteiger partial charge in [0.1, 0.15) is 5.82 Å². The van der Waals surface area contributed by atoms with Crippen LogP contribution in [-0.2, 0) is 0 Å². The SMILES string of the molecule is CN1CCN(c2ccc(Nc3nccc(N(C)C(=O)Oc4cc(Cl)ccc4Cl)n3)cc2)CC1. The third-order valence-corrected chi connectivity index (χ3v) is 5.89. The highest BCUT2D eigenvalue weighted by molar-refractivity contribution is 6.34. The second-order valence-electron chi connectivity index (χ2n) is 7.70. The number of hydrogen-bond acceptors (Lipinski definition) is 7. The molecule has 0 radical (unpaired) electrons. The predicted octanol–water partition coefficient (Wildman–Crippen LogP) is 4.91. The molecule has 1 N–H and O–H groups in total. The minimum absolute atomic E-state index is 0.175. The van der Waals surface area contributed by atoms with Gasteiger partial charge in [-0.2, -0.15) is 4.98 Å². The molecule has 33 heavy (non-hydrogen) atoms. The van der Waals surface area contributed by atoms with Gasteiger partial charge in [-0.1, -0.05) is 23.2 Å². The van der Waals surface area contributed by atoms with Gasteiger partial charge < -0.3 is 19.9 Å². The maximum atomic E-state index is 12.6. The average Bonchev–Trinajstić information content (AvgIpc) is 2.82. The number of piperazine rings is 1.